The Morgan fingerprint density at radius 2 is 2.12 bits per heavy atom. The van der Waals surface area contributed by atoms with E-state index in [0.29, 0.717) is 12.2 Å². The van der Waals surface area contributed by atoms with E-state index in [1.54, 1.807) is 29.4 Å². The predicted molar refractivity (Wildman–Crippen MR) is 65.8 cm³/mol. The van der Waals surface area contributed by atoms with Gasteiger partial charge in [0, 0.05) is 18.9 Å². The van der Waals surface area contributed by atoms with Crippen LogP contribution in [0.3, 0.4) is 0 Å². The van der Waals surface area contributed by atoms with Gasteiger partial charge in [0.2, 0.25) is 0 Å². The van der Waals surface area contributed by atoms with E-state index in [1.807, 2.05) is 6.92 Å². The zero-order valence-electron chi connectivity index (χ0n) is 9.81. The highest BCUT2D eigenvalue weighted by atomic mass is 79.9. The van der Waals surface area contributed by atoms with Crippen molar-refractivity contribution < 1.29 is 0 Å². The van der Waals surface area contributed by atoms with Gasteiger partial charge in [-0.15, -0.1) is 5.10 Å². The Morgan fingerprint density at radius 1 is 1.41 bits per heavy atom. The molecule has 0 aliphatic carbocycles. The third-order valence-electron chi connectivity index (χ3n) is 2.50. The molecule has 2 aromatic heterocycles. The highest BCUT2D eigenvalue weighted by Crippen LogP contribution is 2.17. The fourth-order valence-corrected chi connectivity index (χ4v) is 1.90. The minimum absolute atomic E-state index is 0.270. The molecular formula is C10H12BrN5O. The summed E-state index contributed by atoms with van der Waals surface area (Å²) in [5.74, 6) is 0. The van der Waals surface area contributed by atoms with Crippen molar-refractivity contribution in [2.75, 3.05) is 0 Å². The molecule has 7 heteroatoms. The molecule has 0 spiro atoms. The molecule has 90 valence electrons. The number of halogens is 1. The molecule has 0 aliphatic heterocycles. The van der Waals surface area contributed by atoms with Gasteiger partial charge in [0.1, 0.15) is 5.69 Å². The van der Waals surface area contributed by atoms with Crippen LogP contribution < -0.4 is 5.69 Å². The Balaban J connectivity index is 2.46. The Morgan fingerprint density at radius 3 is 2.71 bits per heavy atom. The summed E-state index contributed by atoms with van der Waals surface area (Å²) < 4.78 is 4.02. The molecule has 0 saturated carbocycles. The quantitative estimate of drug-likeness (QED) is 0.822. The summed E-state index contributed by atoms with van der Waals surface area (Å²) in [4.78, 5) is 15.7. The Kier molecular flexibility index (Phi) is 3.10. The second kappa shape index (κ2) is 4.40. The molecule has 0 amide bonds. The molecular weight excluding hydrogens is 286 g/mol. The molecule has 0 unspecified atom stereocenters. The predicted octanol–water partition coefficient (Wildman–Crippen LogP) is 0.799. The minimum Gasteiger partial charge on any atom is -0.289 e. The third-order valence-corrected chi connectivity index (χ3v) is 3.65. The van der Waals surface area contributed by atoms with E-state index in [1.165, 1.54) is 0 Å². The topological polar surface area (TPSA) is 65.6 Å². The first-order chi connectivity index (χ1) is 7.99. The van der Waals surface area contributed by atoms with E-state index in [2.05, 4.69) is 31.2 Å². The lowest BCUT2D eigenvalue weighted by Crippen LogP contribution is -2.27. The van der Waals surface area contributed by atoms with Crippen LogP contribution in [-0.2, 0) is 13.6 Å². The SMILES string of the molecule is Cc1nc(=O)n(Cc2cn(C)nn2)c(C)c1Br. The zero-order chi connectivity index (χ0) is 12.6. The number of hydrogen-bond donors (Lipinski definition) is 0. The van der Waals surface area contributed by atoms with Crippen LogP contribution in [0.5, 0.6) is 0 Å². The zero-order valence-corrected chi connectivity index (χ0v) is 11.4. The van der Waals surface area contributed by atoms with Crippen molar-refractivity contribution in [3.8, 4) is 0 Å². The molecule has 0 aromatic carbocycles. The summed E-state index contributed by atoms with van der Waals surface area (Å²) in [5, 5.41) is 7.79. The molecule has 2 heterocycles. The highest BCUT2D eigenvalue weighted by molar-refractivity contribution is 9.10. The van der Waals surface area contributed by atoms with Gasteiger partial charge < -0.3 is 0 Å². The summed E-state index contributed by atoms with van der Waals surface area (Å²) in [7, 11) is 1.79. The van der Waals surface area contributed by atoms with Crippen molar-refractivity contribution in [3.63, 3.8) is 0 Å². The Bertz CT molecular complexity index is 616. The van der Waals surface area contributed by atoms with Crippen molar-refractivity contribution in [3.05, 3.63) is 38.2 Å². The number of aryl methyl sites for hydroxylation is 2. The average molecular weight is 298 g/mol. The summed E-state index contributed by atoms with van der Waals surface area (Å²) in [6.45, 7) is 4.05. The molecule has 0 aliphatic rings. The maximum absolute atomic E-state index is 11.8. The molecule has 6 nitrogen and oxygen atoms in total. The van der Waals surface area contributed by atoms with E-state index in [4.69, 9.17) is 0 Å². The monoisotopic (exact) mass is 297 g/mol. The maximum Gasteiger partial charge on any atom is 0.348 e. The molecule has 0 bridgehead atoms. The number of aromatic nitrogens is 5. The van der Waals surface area contributed by atoms with Gasteiger partial charge in [-0.3, -0.25) is 9.25 Å². The van der Waals surface area contributed by atoms with Crippen LogP contribution in [0.2, 0.25) is 0 Å². The lowest BCUT2D eigenvalue weighted by molar-refractivity contribution is 0.670. The van der Waals surface area contributed by atoms with E-state index < -0.39 is 0 Å². The van der Waals surface area contributed by atoms with Crippen molar-refractivity contribution in [2.45, 2.75) is 20.4 Å². The van der Waals surface area contributed by atoms with Crippen LogP contribution in [0.1, 0.15) is 17.1 Å². The largest absolute Gasteiger partial charge is 0.348 e. The number of rotatable bonds is 2. The third kappa shape index (κ3) is 2.28. The molecule has 0 atom stereocenters. The van der Waals surface area contributed by atoms with Gasteiger partial charge in [0.05, 0.1) is 16.7 Å². The number of nitrogens with zero attached hydrogens (tertiary/aromatic N) is 5. The summed E-state index contributed by atoms with van der Waals surface area (Å²) in [6.07, 6.45) is 1.78. The molecule has 2 rings (SSSR count). The highest BCUT2D eigenvalue weighted by Gasteiger charge is 2.10. The van der Waals surface area contributed by atoms with Crippen LogP contribution in [0, 0.1) is 13.8 Å². The summed E-state index contributed by atoms with van der Waals surface area (Å²) in [6, 6.07) is 0. The maximum atomic E-state index is 11.8. The van der Waals surface area contributed by atoms with Gasteiger partial charge in [-0.25, -0.2) is 4.79 Å². The van der Waals surface area contributed by atoms with Crippen molar-refractivity contribution in [2.24, 2.45) is 7.05 Å². The molecule has 17 heavy (non-hydrogen) atoms. The van der Waals surface area contributed by atoms with E-state index >= 15 is 0 Å². The van der Waals surface area contributed by atoms with Gasteiger partial charge in [-0.05, 0) is 29.8 Å². The van der Waals surface area contributed by atoms with Crippen LogP contribution in [0.4, 0.5) is 0 Å². The second-order valence-corrected chi connectivity index (χ2v) is 4.64. The average Bonchev–Trinajstić information content (AvgIpc) is 2.67. The van der Waals surface area contributed by atoms with Crippen molar-refractivity contribution in [1.82, 2.24) is 24.5 Å². The first-order valence-corrected chi connectivity index (χ1v) is 5.87. The van der Waals surface area contributed by atoms with Gasteiger partial charge in [-0.1, -0.05) is 5.21 Å². The van der Waals surface area contributed by atoms with Crippen LogP contribution in [-0.4, -0.2) is 24.5 Å². The fourth-order valence-electron chi connectivity index (χ4n) is 1.59. The van der Waals surface area contributed by atoms with Crippen molar-refractivity contribution >= 4 is 15.9 Å². The summed E-state index contributed by atoms with van der Waals surface area (Å²) >= 11 is 3.42. The standard InChI is InChI=1S/C10H12BrN5O/c1-6-9(11)7(2)16(10(17)12-6)5-8-4-15(3)14-13-8/h4H,5H2,1-3H3. The molecule has 0 N–H and O–H groups in total. The Hall–Kier alpha value is -1.50. The lowest BCUT2D eigenvalue weighted by atomic mass is 10.3. The van der Waals surface area contributed by atoms with E-state index in [0.717, 1.165) is 15.9 Å². The van der Waals surface area contributed by atoms with Gasteiger partial charge in [0.25, 0.3) is 0 Å². The smallest absolute Gasteiger partial charge is 0.289 e. The molecule has 0 saturated heterocycles. The molecule has 2 aromatic rings. The minimum atomic E-state index is -0.270. The Labute approximate surface area is 106 Å². The summed E-state index contributed by atoms with van der Waals surface area (Å²) in [5.41, 5.74) is 2.00. The molecule has 0 radical (unpaired) electrons. The first kappa shape index (κ1) is 12.0. The van der Waals surface area contributed by atoms with Gasteiger partial charge in [-0.2, -0.15) is 4.98 Å². The van der Waals surface area contributed by atoms with Gasteiger partial charge in [0.15, 0.2) is 0 Å². The molecule has 0 fully saturated rings. The van der Waals surface area contributed by atoms with E-state index in [-0.39, 0.29) is 5.69 Å². The second-order valence-electron chi connectivity index (χ2n) is 3.85. The van der Waals surface area contributed by atoms with Crippen molar-refractivity contribution in [1.29, 1.82) is 0 Å². The van der Waals surface area contributed by atoms with Crippen LogP contribution in [0.25, 0.3) is 0 Å². The van der Waals surface area contributed by atoms with Crippen LogP contribution in [0.15, 0.2) is 15.5 Å². The first-order valence-electron chi connectivity index (χ1n) is 5.08. The van der Waals surface area contributed by atoms with Gasteiger partial charge >= 0.3 is 5.69 Å². The van der Waals surface area contributed by atoms with Crippen LogP contribution >= 0.6 is 15.9 Å². The normalized spacial score (nSPS) is 10.8. The van der Waals surface area contributed by atoms with E-state index in [9.17, 15) is 4.79 Å². The lowest BCUT2D eigenvalue weighted by Gasteiger charge is -2.10. The fraction of sp³-hybridized carbons (Fsp3) is 0.400. The number of hydrogen-bond acceptors (Lipinski definition) is 4.